The molecular formula is C19H26N2O2. The van der Waals surface area contributed by atoms with E-state index in [0.29, 0.717) is 5.89 Å². The van der Waals surface area contributed by atoms with Crippen LogP contribution in [0.5, 0.6) is 0 Å². The van der Waals surface area contributed by atoms with E-state index in [1.54, 1.807) is 6.20 Å². The van der Waals surface area contributed by atoms with E-state index < -0.39 is 5.60 Å². The highest BCUT2D eigenvalue weighted by atomic mass is 16.4. The molecule has 1 aliphatic carbocycles. The molecule has 0 spiro atoms. The third kappa shape index (κ3) is 3.33. The smallest absolute Gasteiger partial charge is 0.231 e. The Morgan fingerprint density at radius 1 is 1.22 bits per heavy atom. The Morgan fingerprint density at radius 3 is 2.65 bits per heavy atom. The van der Waals surface area contributed by atoms with Crippen LogP contribution in [-0.4, -0.2) is 23.7 Å². The largest absolute Gasteiger partial charge is 0.442 e. The maximum absolute atomic E-state index is 11.6. The third-order valence-electron chi connectivity index (χ3n) is 4.91. The fraction of sp³-hybridized carbons (Fsp3) is 0.526. The SMILES string of the molecule is CNCCc1cnc(C(O)(c2ccccc2)C2CCCCC2)o1. The van der Waals surface area contributed by atoms with Crippen LogP contribution < -0.4 is 5.32 Å². The van der Waals surface area contributed by atoms with Gasteiger partial charge in [-0.3, -0.25) is 0 Å². The standard InChI is InChI=1S/C19H26N2O2/c1-20-13-12-17-14-21-18(23-17)19(22,15-8-4-2-5-9-15)16-10-6-3-7-11-16/h2,4-5,8-9,14,16,20,22H,3,6-7,10-13H2,1H3. The highest BCUT2D eigenvalue weighted by Gasteiger charge is 2.44. The lowest BCUT2D eigenvalue weighted by molar-refractivity contribution is -0.0238. The van der Waals surface area contributed by atoms with E-state index in [-0.39, 0.29) is 5.92 Å². The number of nitrogens with one attached hydrogen (secondary N) is 1. The number of nitrogens with zero attached hydrogens (tertiary/aromatic N) is 1. The van der Waals surface area contributed by atoms with Crippen molar-refractivity contribution in [1.29, 1.82) is 0 Å². The van der Waals surface area contributed by atoms with Gasteiger partial charge >= 0.3 is 0 Å². The lowest BCUT2D eigenvalue weighted by Crippen LogP contribution is -2.38. The molecular weight excluding hydrogens is 288 g/mol. The van der Waals surface area contributed by atoms with Crippen molar-refractivity contribution >= 4 is 0 Å². The quantitative estimate of drug-likeness (QED) is 0.859. The van der Waals surface area contributed by atoms with Crippen molar-refractivity contribution in [2.75, 3.05) is 13.6 Å². The number of hydrogen-bond donors (Lipinski definition) is 2. The van der Waals surface area contributed by atoms with Crippen molar-refractivity contribution in [3.8, 4) is 0 Å². The summed E-state index contributed by atoms with van der Waals surface area (Å²) in [6, 6.07) is 9.86. The molecule has 0 amide bonds. The van der Waals surface area contributed by atoms with Gasteiger partial charge in [-0.05, 0) is 25.5 Å². The van der Waals surface area contributed by atoms with Crippen molar-refractivity contribution in [3.63, 3.8) is 0 Å². The highest BCUT2D eigenvalue weighted by Crippen LogP contribution is 2.43. The lowest BCUT2D eigenvalue weighted by Gasteiger charge is -2.36. The summed E-state index contributed by atoms with van der Waals surface area (Å²) in [6.07, 6.45) is 8.13. The normalized spacial score (nSPS) is 18.7. The molecule has 1 aromatic heterocycles. The Morgan fingerprint density at radius 2 is 1.96 bits per heavy atom. The maximum atomic E-state index is 11.6. The molecule has 1 heterocycles. The molecule has 1 unspecified atom stereocenters. The Kier molecular flexibility index (Phi) is 5.13. The molecule has 4 nitrogen and oxygen atoms in total. The van der Waals surface area contributed by atoms with E-state index in [4.69, 9.17) is 4.42 Å². The number of aromatic nitrogens is 1. The third-order valence-corrected chi connectivity index (χ3v) is 4.91. The van der Waals surface area contributed by atoms with Crippen LogP contribution in [0.2, 0.25) is 0 Å². The van der Waals surface area contributed by atoms with Crippen LogP contribution in [0.3, 0.4) is 0 Å². The van der Waals surface area contributed by atoms with Crippen molar-refractivity contribution in [2.45, 2.75) is 44.1 Å². The van der Waals surface area contributed by atoms with E-state index in [9.17, 15) is 5.11 Å². The Labute approximate surface area is 137 Å². The second-order valence-electron chi connectivity index (χ2n) is 6.45. The topological polar surface area (TPSA) is 58.3 Å². The van der Waals surface area contributed by atoms with Gasteiger partial charge in [0.05, 0.1) is 6.20 Å². The number of oxazole rings is 1. The van der Waals surface area contributed by atoms with Gasteiger partial charge in [0.25, 0.3) is 0 Å². The molecule has 3 rings (SSSR count). The van der Waals surface area contributed by atoms with Crippen LogP contribution in [-0.2, 0) is 12.0 Å². The van der Waals surface area contributed by atoms with Crippen molar-refractivity contribution in [1.82, 2.24) is 10.3 Å². The first-order chi connectivity index (χ1) is 11.2. The molecule has 1 fully saturated rings. The van der Waals surface area contributed by atoms with Gasteiger partial charge in [0.1, 0.15) is 5.76 Å². The van der Waals surface area contributed by atoms with Gasteiger partial charge in [0.2, 0.25) is 5.89 Å². The zero-order chi connectivity index (χ0) is 16.1. The average Bonchev–Trinajstić information content (AvgIpc) is 3.10. The molecule has 0 saturated heterocycles. The minimum atomic E-state index is -1.13. The molecule has 1 aliphatic rings. The Balaban J connectivity index is 1.96. The fourth-order valence-electron chi connectivity index (χ4n) is 3.59. The molecule has 23 heavy (non-hydrogen) atoms. The summed E-state index contributed by atoms with van der Waals surface area (Å²) in [5, 5.41) is 14.8. The van der Waals surface area contributed by atoms with Crippen LogP contribution in [0.15, 0.2) is 40.9 Å². The summed E-state index contributed by atoms with van der Waals surface area (Å²) in [5.41, 5.74) is -0.242. The molecule has 2 aromatic rings. The first-order valence-corrected chi connectivity index (χ1v) is 8.63. The van der Waals surface area contributed by atoms with Gasteiger partial charge < -0.3 is 14.8 Å². The summed E-state index contributed by atoms with van der Waals surface area (Å²) in [5.74, 6) is 1.43. The molecule has 1 aromatic carbocycles. The second-order valence-corrected chi connectivity index (χ2v) is 6.45. The van der Waals surface area contributed by atoms with Crippen molar-refractivity contribution in [2.24, 2.45) is 5.92 Å². The number of rotatable bonds is 6. The van der Waals surface area contributed by atoms with Crippen LogP contribution in [0.1, 0.15) is 49.3 Å². The van der Waals surface area contributed by atoms with Crippen molar-refractivity contribution < 1.29 is 9.52 Å². The summed E-state index contributed by atoms with van der Waals surface area (Å²) in [4.78, 5) is 4.45. The predicted octanol–water partition coefficient (Wildman–Crippen LogP) is 3.25. The van der Waals surface area contributed by atoms with Gasteiger partial charge in [0.15, 0.2) is 5.60 Å². The molecule has 0 radical (unpaired) electrons. The molecule has 1 saturated carbocycles. The van der Waals surface area contributed by atoms with Crippen molar-refractivity contribution in [3.05, 3.63) is 53.7 Å². The average molecular weight is 314 g/mol. The summed E-state index contributed by atoms with van der Waals surface area (Å²) in [7, 11) is 1.92. The minimum absolute atomic E-state index is 0.162. The lowest BCUT2D eigenvalue weighted by atomic mass is 9.73. The molecule has 124 valence electrons. The van der Waals surface area contributed by atoms with E-state index in [1.165, 1.54) is 6.42 Å². The molecule has 2 N–H and O–H groups in total. The van der Waals surface area contributed by atoms with E-state index in [2.05, 4.69) is 10.3 Å². The van der Waals surface area contributed by atoms with Crippen LogP contribution in [0.25, 0.3) is 0 Å². The molecule has 4 heteroatoms. The number of aliphatic hydroxyl groups is 1. The zero-order valence-corrected chi connectivity index (χ0v) is 13.8. The van der Waals surface area contributed by atoms with E-state index in [1.807, 2.05) is 37.4 Å². The Hall–Kier alpha value is -1.65. The van der Waals surface area contributed by atoms with Gasteiger partial charge in [-0.2, -0.15) is 0 Å². The second kappa shape index (κ2) is 7.28. The monoisotopic (exact) mass is 314 g/mol. The van der Waals surface area contributed by atoms with E-state index >= 15 is 0 Å². The summed E-state index contributed by atoms with van der Waals surface area (Å²) in [6.45, 7) is 0.835. The Bertz CT molecular complexity index is 605. The van der Waals surface area contributed by atoms with Gasteiger partial charge in [0, 0.05) is 18.9 Å². The summed E-state index contributed by atoms with van der Waals surface area (Å²) >= 11 is 0. The van der Waals surface area contributed by atoms with Crippen LogP contribution in [0.4, 0.5) is 0 Å². The number of hydrogen-bond acceptors (Lipinski definition) is 4. The first-order valence-electron chi connectivity index (χ1n) is 8.63. The molecule has 0 aliphatic heterocycles. The van der Waals surface area contributed by atoms with Crippen LogP contribution in [0, 0.1) is 5.92 Å². The van der Waals surface area contributed by atoms with Gasteiger partial charge in [-0.1, -0.05) is 49.6 Å². The van der Waals surface area contributed by atoms with Gasteiger partial charge in [-0.15, -0.1) is 0 Å². The first kappa shape index (κ1) is 16.2. The van der Waals surface area contributed by atoms with Crippen LogP contribution >= 0.6 is 0 Å². The van der Waals surface area contributed by atoms with Gasteiger partial charge in [-0.25, -0.2) is 4.98 Å². The maximum Gasteiger partial charge on any atom is 0.231 e. The zero-order valence-electron chi connectivity index (χ0n) is 13.8. The number of likely N-dealkylation sites (N-methyl/N-ethyl adjacent to an activating group) is 1. The fourth-order valence-corrected chi connectivity index (χ4v) is 3.59. The number of benzene rings is 1. The highest BCUT2D eigenvalue weighted by molar-refractivity contribution is 5.30. The minimum Gasteiger partial charge on any atom is -0.442 e. The predicted molar refractivity (Wildman–Crippen MR) is 90.1 cm³/mol. The molecule has 0 bridgehead atoms. The van der Waals surface area contributed by atoms with E-state index in [0.717, 1.165) is 50.0 Å². The molecule has 1 atom stereocenters. The summed E-state index contributed by atoms with van der Waals surface area (Å²) < 4.78 is 5.96.